The maximum Gasteiger partial charge on any atom is 0.0618 e. The zero-order valence-corrected chi connectivity index (χ0v) is 9.46. The van der Waals surface area contributed by atoms with E-state index in [4.69, 9.17) is 4.74 Å². The second-order valence-corrected chi connectivity index (χ2v) is 4.96. The molecular weight excluding hydrogens is 174 g/mol. The summed E-state index contributed by atoms with van der Waals surface area (Å²) in [6, 6.07) is 0.611. The van der Waals surface area contributed by atoms with Gasteiger partial charge in [-0.05, 0) is 43.6 Å². The highest BCUT2D eigenvalue weighted by Gasteiger charge is 2.42. The van der Waals surface area contributed by atoms with Crippen molar-refractivity contribution in [3.63, 3.8) is 0 Å². The smallest absolute Gasteiger partial charge is 0.0618 e. The molecule has 4 atom stereocenters. The van der Waals surface area contributed by atoms with E-state index in [2.05, 4.69) is 12.2 Å². The van der Waals surface area contributed by atoms with Gasteiger partial charge in [0.05, 0.1) is 6.61 Å². The van der Waals surface area contributed by atoms with Gasteiger partial charge in [-0.2, -0.15) is 0 Å². The summed E-state index contributed by atoms with van der Waals surface area (Å²) in [6.07, 6.45) is 5.91. The molecule has 14 heavy (non-hydrogen) atoms. The third kappa shape index (κ3) is 1.96. The standard InChI is InChI=1S/C12H23NO/c1-3-13-12(8-14-2)11-7-9-4-5-10(11)6-9/h9-13H,3-8H2,1-2H3. The maximum absolute atomic E-state index is 5.31. The molecule has 0 aromatic carbocycles. The van der Waals surface area contributed by atoms with Gasteiger partial charge in [-0.25, -0.2) is 0 Å². The molecule has 0 aliphatic heterocycles. The van der Waals surface area contributed by atoms with Crippen molar-refractivity contribution in [3.05, 3.63) is 0 Å². The van der Waals surface area contributed by atoms with E-state index < -0.39 is 0 Å². The highest BCUT2D eigenvalue weighted by atomic mass is 16.5. The van der Waals surface area contributed by atoms with Crippen molar-refractivity contribution < 1.29 is 4.74 Å². The largest absolute Gasteiger partial charge is 0.383 e. The van der Waals surface area contributed by atoms with E-state index in [0.717, 1.165) is 30.9 Å². The molecule has 1 N–H and O–H groups in total. The lowest BCUT2D eigenvalue weighted by atomic mass is 9.83. The second kappa shape index (κ2) is 4.63. The summed E-state index contributed by atoms with van der Waals surface area (Å²) in [7, 11) is 1.82. The molecule has 0 heterocycles. The third-order valence-electron chi connectivity index (χ3n) is 4.12. The highest BCUT2D eigenvalue weighted by molar-refractivity contribution is 4.95. The van der Waals surface area contributed by atoms with Crippen LogP contribution in [0, 0.1) is 17.8 Å². The molecule has 0 aromatic rings. The molecule has 2 fully saturated rings. The molecule has 2 saturated carbocycles. The van der Waals surface area contributed by atoms with Crippen LogP contribution >= 0.6 is 0 Å². The number of methoxy groups -OCH3 is 1. The first-order chi connectivity index (χ1) is 6.85. The van der Waals surface area contributed by atoms with E-state index in [1.54, 1.807) is 0 Å². The Morgan fingerprint density at radius 3 is 2.71 bits per heavy atom. The van der Waals surface area contributed by atoms with Crippen molar-refractivity contribution in [2.75, 3.05) is 20.3 Å². The predicted molar refractivity (Wildman–Crippen MR) is 58.3 cm³/mol. The average Bonchev–Trinajstić information content (AvgIpc) is 2.78. The fourth-order valence-corrected chi connectivity index (χ4v) is 3.56. The van der Waals surface area contributed by atoms with Gasteiger partial charge in [-0.15, -0.1) is 0 Å². The van der Waals surface area contributed by atoms with Crippen LogP contribution in [-0.4, -0.2) is 26.3 Å². The number of ether oxygens (including phenoxy) is 1. The van der Waals surface area contributed by atoms with Gasteiger partial charge >= 0.3 is 0 Å². The van der Waals surface area contributed by atoms with Crippen molar-refractivity contribution in [3.8, 4) is 0 Å². The average molecular weight is 197 g/mol. The summed E-state index contributed by atoms with van der Waals surface area (Å²) in [4.78, 5) is 0. The molecule has 0 spiro atoms. The Balaban J connectivity index is 1.90. The van der Waals surface area contributed by atoms with Gasteiger partial charge in [0.2, 0.25) is 0 Å². The van der Waals surface area contributed by atoms with Crippen LogP contribution in [0.3, 0.4) is 0 Å². The normalized spacial score (nSPS) is 37.7. The molecule has 2 heteroatoms. The highest BCUT2D eigenvalue weighted by Crippen LogP contribution is 2.49. The zero-order chi connectivity index (χ0) is 9.97. The Labute approximate surface area is 87.4 Å². The fourth-order valence-electron chi connectivity index (χ4n) is 3.56. The molecule has 0 radical (unpaired) electrons. The quantitative estimate of drug-likeness (QED) is 0.728. The van der Waals surface area contributed by atoms with Gasteiger partial charge in [0.15, 0.2) is 0 Å². The first kappa shape index (κ1) is 10.4. The number of likely N-dealkylation sites (N-methyl/N-ethyl adjacent to an activating group) is 1. The Morgan fingerprint density at radius 1 is 1.36 bits per heavy atom. The second-order valence-electron chi connectivity index (χ2n) is 4.96. The minimum atomic E-state index is 0.611. The van der Waals surface area contributed by atoms with Crippen molar-refractivity contribution in [1.82, 2.24) is 5.32 Å². The minimum Gasteiger partial charge on any atom is -0.383 e. The van der Waals surface area contributed by atoms with Crippen LogP contribution in [0.4, 0.5) is 0 Å². The van der Waals surface area contributed by atoms with E-state index in [-0.39, 0.29) is 0 Å². The van der Waals surface area contributed by atoms with Crippen LogP contribution in [-0.2, 0) is 4.74 Å². The van der Waals surface area contributed by atoms with E-state index >= 15 is 0 Å². The summed E-state index contributed by atoms with van der Waals surface area (Å²) in [5.74, 6) is 2.94. The first-order valence-corrected chi connectivity index (χ1v) is 6.07. The number of hydrogen-bond donors (Lipinski definition) is 1. The summed E-state index contributed by atoms with van der Waals surface area (Å²) < 4.78 is 5.31. The van der Waals surface area contributed by atoms with Crippen LogP contribution in [0.25, 0.3) is 0 Å². The summed E-state index contributed by atoms with van der Waals surface area (Å²) in [5.41, 5.74) is 0. The molecule has 2 nitrogen and oxygen atoms in total. The van der Waals surface area contributed by atoms with Gasteiger partial charge < -0.3 is 10.1 Å². The molecular formula is C12H23NO. The molecule has 82 valence electrons. The Bertz CT molecular complexity index is 177. The number of rotatable bonds is 5. The van der Waals surface area contributed by atoms with Gasteiger partial charge in [0, 0.05) is 13.2 Å². The summed E-state index contributed by atoms with van der Waals surface area (Å²) >= 11 is 0. The molecule has 0 saturated heterocycles. The van der Waals surface area contributed by atoms with Crippen molar-refractivity contribution in [2.45, 2.75) is 38.6 Å². The Hall–Kier alpha value is -0.0800. The Morgan fingerprint density at radius 2 is 2.21 bits per heavy atom. The van der Waals surface area contributed by atoms with Crippen LogP contribution in [0.2, 0.25) is 0 Å². The third-order valence-corrected chi connectivity index (χ3v) is 4.12. The summed E-state index contributed by atoms with van der Waals surface area (Å²) in [5, 5.41) is 3.59. The molecule has 2 aliphatic carbocycles. The molecule has 0 aromatic heterocycles. The fraction of sp³-hybridized carbons (Fsp3) is 1.00. The van der Waals surface area contributed by atoms with E-state index in [1.165, 1.54) is 25.7 Å². The molecule has 2 aliphatic rings. The van der Waals surface area contributed by atoms with Crippen molar-refractivity contribution in [2.24, 2.45) is 17.8 Å². The lowest BCUT2D eigenvalue weighted by molar-refractivity contribution is 0.120. The van der Waals surface area contributed by atoms with Crippen LogP contribution in [0.15, 0.2) is 0 Å². The predicted octanol–water partition coefficient (Wildman–Crippen LogP) is 2.05. The van der Waals surface area contributed by atoms with E-state index in [1.807, 2.05) is 7.11 Å². The molecule has 2 bridgehead atoms. The summed E-state index contributed by atoms with van der Waals surface area (Å²) in [6.45, 7) is 4.15. The lowest BCUT2D eigenvalue weighted by Gasteiger charge is -2.30. The van der Waals surface area contributed by atoms with Crippen molar-refractivity contribution >= 4 is 0 Å². The van der Waals surface area contributed by atoms with Gasteiger partial charge in [0.1, 0.15) is 0 Å². The molecule has 4 unspecified atom stereocenters. The van der Waals surface area contributed by atoms with Gasteiger partial charge in [0.25, 0.3) is 0 Å². The number of hydrogen-bond acceptors (Lipinski definition) is 2. The van der Waals surface area contributed by atoms with Crippen molar-refractivity contribution in [1.29, 1.82) is 0 Å². The number of nitrogens with one attached hydrogen (secondary N) is 1. The van der Waals surface area contributed by atoms with Crippen LogP contribution in [0.1, 0.15) is 32.6 Å². The Kier molecular flexibility index (Phi) is 3.45. The molecule has 2 rings (SSSR count). The molecule has 0 amide bonds. The lowest BCUT2D eigenvalue weighted by Crippen LogP contribution is -2.41. The first-order valence-electron chi connectivity index (χ1n) is 6.07. The maximum atomic E-state index is 5.31. The van der Waals surface area contributed by atoms with Gasteiger partial charge in [-0.3, -0.25) is 0 Å². The van der Waals surface area contributed by atoms with Gasteiger partial charge in [-0.1, -0.05) is 13.3 Å². The SMILES string of the molecule is CCNC(COC)C1CC2CCC1C2. The zero-order valence-electron chi connectivity index (χ0n) is 9.46. The van der Waals surface area contributed by atoms with Crippen LogP contribution < -0.4 is 5.32 Å². The minimum absolute atomic E-state index is 0.611. The van der Waals surface area contributed by atoms with E-state index in [9.17, 15) is 0 Å². The van der Waals surface area contributed by atoms with E-state index in [0.29, 0.717) is 6.04 Å². The topological polar surface area (TPSA) is 21.3 Å². The number of fused-ring (bicyclic) bond motifs is 2. The van der Waals surface area contributed by atoms with Crippen LogP contribution in [0.5, 0.6) is 0 Å². The monoisotopic (exact) mass is 197 g/mol.